The molecule has 0 saturated carbocycles. The molecule has 0 aliphatic rings. The summed E-state index contributed by atoms with van der Waals surface area (Å²) in [5.41, 5.74) is 1.96. The van der Waals surface area contributed by atoms with Gasteiger partial charge in [-0.05, 0) is 29.7 Å². The normalized spacial score (nSPS) is 10.2. The molecule has 0 saturated heterocycles. The quantitative estimate of drug-likeness (QED) is 0.632. The van der Waals surface area contributed by atoms with E-state index in [4.69, 9.17) is 19.5 Å². The zero-order valence-electron chi connectivity index (χ0n) is 16.5. The molecule has 6 nitrogen and oxygen atoms in total. The smallest absolute Gasteiger partial charge is 0.234 e. The van der Waals surface area contributed by atoms with Crippen molar-refractivity contribution >= 4 is 5.91 Å². The number of carbonyl (C=O) groups is 1. The van der Waals surface area contributed by atoms with Crippen molar-refractivity contribution in [2.75, 3.05) is 20.3 Å². The van der Waals surface area contributed by atoms with E-state index in [1.807, 2.05) is 30.3 Å². The van der Waals surface area contributed by atoms with Gasteiger partial charge in [0.15, 0.2) is 0 Å². The van der Waals surface area contributed by atoms with Gasteiger partial charge in [0.25, 0.3) is 0 Å². The summed E-state index contributed by atoms with van der Waals surface area (Å²) < 4.78 is 17.0. The molecule has 0 bridgehead atoms. The van der Waals surface area contributed by atoms with E-state index in [-0.39, 0.29) is 18.9 Å². The summed E-state index contributed by atoms with van der Waals surface area (Å²) in [6.45, 7) is 5.26. The Morgan fingerprint density at radius 2 is 1.82 bits per heavy atom. The third kappa shape index (κ3) is 6.20. The standard InChI is InChI=1S/C22H26N2O4/c1-16(2)19-6-4-5-7-20(19)27-12-13-28-21-14-18(26-3)9-8-17(21)15-24-22(25)10-11-23/h4-9,14,16H,10,12-13,15H2,1-3H3,(H,24,25). The number of carbonyl (C=O) groups excluding carboxylic acids is 1. The van der Waals surface area contributed by atoms with Crippen molar-refractivity contribution in [3.63, 3.8) is 0 Å². The molecule has 0 aliphatic carbocycles. The van der Waals surface area contributed by atoms with E-state index in [9.17, 15) is 4.79 Å². The van der Waals surface area contributed by atoms with Gasteiger partial charge in [-0.1, -0.05) is 32.0 Å². The molecule has 0 fully saturated rings. The van der Waals surface area contributed by atoms with Crippen molar-refractivity contribution in [1.29, 1.82) is 5.26 Å². The number of nitrogens with one attached hydrogen (secondary N) is 1. The van der Waals surface area contributed by atoms with Gasteiger partial charge in [-0.25, -0.2) is 0 Å². The zero-order valence-corrected chi connectivity index (χ0v) is 16.5. The molecule has 28 heavy (non-hydrogen) atoms. The lowest BCUT2D eigenvalue weighted by atomic mass is 10.0. The Hall–Kier alpha value is -3.20. The van der Waals surface area contributed by atoms with Crippen LogP contribution in [0.3, 0.4) is 0 Å². The van der Waals surface area contributed by atoms with Gasteiger partial charge < -0.3 is 19.5 Å². The van der Waals surface area contributed by atoms with E-state index in [2.05, 4.69) is 25.2 Å². The van der Waals surface area contributed by atoms with E-state index >= 15 is 0 Å². The summed E-state index contributed by atoms with van der Waals surface area (Å²) in [7, 11) is 1.58. The highest BCUT2D eigenvalue weighted by atomic mass is 16.5. The summed E-state index contributed by atoms with van der Waals surface area (Å²) in [5.74, 6) is 2.18. The van der Waals surface area contributed by atoms with Gasteiger partial charge >= 0.3 is 0 Å². The summed E-state index contributed by atoms with van der Waals surface area (Å²) in [5, 5.41) is 11.3. The first-order valence-electron chi connectivity index (χ1n) is 9.20. The Bertz CT molecular complexity index is 828. The van der Waals surface area contributed by atoms with Gasteiger partial charge in [0.05, 0.1) is 13.2 Å². The molecular weight excluding hydrogens is 356 g/mol. The SMILES string of the molecule is COc1ccc(CNC(=O)CC#N)c(OCCOc2ccccc2C(C)C)c1. The number of para-hydroxylation sites is 1. The third-order valence-corrected chi connectivity index (χ3v) is 4.13. The van der Waals surface area contributed by atoms with Gasteiger partial charge in [0.2, 0.25) is 5.91 Å². The topological polar surface area (TPSA) is 80.6 Å². The highest BCUT2D eigenvalue weighted by Gasteiger charge is 2.10. The van der Waals surface area contributed by atoms with E-state index in [1.54, 1.807) is 19.2 Å². The predicted molar refractivity (Wildman–Crippen MR) is 107 cm³/mol. The van der Waals surface area contributed by atoms with Crippen molar-refractivity contribution < 1.29 is 19.0 Å². The maximum atomic E-state index is 11.5. The zero-order chi connectivity index (χ0) is 20.4. The largest absolute Gasteiger partial charge is 0.497 e. The van der Waals surface area contributed by atoms with E-state index in [1.165, 1.54) is 0 Å². The molecule has 2 aromatic carbocycles. The summed E-state index contributed by atoms with van der Waals surface area (Å²) >= 11 is 0. The Morgan fingerprint density at radius 3 is 2.50 bits per heavy atom. The molecule has 1 amide bonds. The third-order valence-electron chi connectivity index (χ3n) is 4.13. The Balaban J connectivity index is 1.97. The van der Waals surface area contributed by atoms with Crippen LogP contribution in [0.15, 0.2) is 42.5 Å². The minimum Gasteiger partial charge on any atom is -0.497 e. The van der Waals surface area contributed by atoms with Crippen molar-refractivity contribution in [3.05, 3.63) is 53.6 Å². The second kappa shape index (κ2) is 10.8. The van der Waals surface area contributed by atoms with E-state index in [0.717, 1.165) is 16.9 Å². The molecule has 0 radical (unpaired) electrons. The first kappa shape index (κ1) is 21.1. The molecule has 0 heterocycles. The van der Waals surface area contributed by atoms with Crippen LogP contribution in [0.1, 0.15) is 37.3 Å². The number of benzene rings is 2. The molecular formula is C22H26N2O4. The number of nitriles is 1. The van der Waals surface area contributed by atoms with Crippen LogP contribution < -0.4 is 19.5 Å². The molecule has 1 N–H and O–H groups in total. The molecule has 2 aromatic rings. The van der Waals surface area contributed by atoms with Crippen LogP contribution in [0.5, 0.6) is 17.2 Å². The Morgan fingerprint density at radius 1 is 1.11 bits per heavy atom. The van der Waals surface area contributed by atoms with Gasteiger partial charge in [0.1, 0.15) is 36.9 Å². The minimum atomic E-state index is -0.321. The van der Waals surface area contributed by atoms with Crippen molar-refractivity contribution in [2.45, 2.75) is 32.7 Å². The predicted octanol–water partition coefficient (Wildman–Crippen LogP) is 3.81. The second-order valence-corrected chi connectivity index (χ2v) is 6.47. The fourth-order valence-electron chi connectivity index (χ4n) is 2.66. The summed E-state index contributed by atoms with van der Waals surface area (Å²) in [6.07, 6.45) is -0.171. The minimum absolute atomic E-state index is 0.171. The maximum Gasteiger partial charge on any atom is 0.234 e. The van der Waals surface area contributed by atoms with Gasteiger partial charge in [-0.3, -0.25) is 4.79 Å². The summed E-state index contributed by atoms with van der Waals surface area (Å²) in [6, 6.07) is 15.2. The molecule has 0 aliphatic heterocycles. The van der Waals surface area contributed by atoms with Crippen molar-refractivity contribution in [2.24, 2.45) is 0 Å². The molecule has 6 heteroatoms. The van der Waals surface area contributed by atoms with E-state index < -0.39 is 0 Å². The molecule has 0 spiro atoms. The molecule has 0 aromatic heterocycles. The number of rotatable bonds is 10. The number of methoxy groups -OCH3 is 1. The lowest BCUT2D eigenvalue weighted by Gasteiger charge is -2.16. The monoisotopic (exact) mass is 382 g/mol. The van der Waals surface area contributed by atoms with Crippen molar-refractivity contribution in [3.8, 4) is 23.3 Å². The van der Waals surface area contributed by atoms with Crippen molar-refractivity contribution in [1.82, 2.24) is 5.32 Å². The van der Waals surface area contributed by atoms with Crippen LogP contribution in [-0.4, -0.2) is 26.2 Å². The Labute approximate surface area is 166 Å². The second-order valence-electron chi connectivity index (χ2n) is 6.47. The van der Waals surface area contributed by atoms with Crippen LogP contribution in [0.25, 0.3) is 0 Å². The average Bonchev–Trinajstić information content (AvgIpc) is 2.70. The van der Waals surface area contributed by atoms with Crippen LogP contribution in [-0.2, 0) is 11.3 Å². The number of hydrogen-bond donors (Lipinski definition) is 1. The fraction of sp³-hybridized carbons (Fsp3) is 0.364. The number of amides is 1. The summed E-state index contributed by atoms with van der Waals surface area (Å²) in [4.78, 5) is 11.5. The molecule has 2 rings (SSSR count). The lowest BCUT2D eigenvalue weighted by Crippen LogP contribution is -2.22. The molecule has 0 atom stereocenters. The van der Waals surface area contributed by atoms with Crippen LogP contribution in [0, 0.1) is 11.3 Å². The van der Waals surface area contributed by atoms with Gasteiger partial charge in [-0.15, -0.1) is 0 Å². The first-order chi connectivity index (χ1) is 13.5. The van der Waals surface area contributed by atoms with Gasteiger partial charge in [-0.2, -0.15) is 5.26 Å². The molecule has 0 unspecified atom stereocenters. The molecule has 148 valence electrons. The number of hydrogen-bond acceptors (Lipinski definition) is 5. The van der Waals surface area contributed by atoms with Crippen LogP contribution in [0.4, 0.5) is 0 Å². The number of ether oxygens (including phenoxy) is 3. The van der Waals surface area contributed by atoms with E-state index in [0.29, 0.717) is 30.6 Å². The highest BCUT2D eigenvalue weighted by molar-refractivity contribution is 5.78. The fourth-order valence-corrected chi connectivity index (χ4v) is 2.66. The highest BCUT2D eigenvalue weighted by Crippen LogP contribution is 2.27. The van der Waals surface area contributed by atoms with Gasteiger partial charge in [0, 0.05) is 18.2 Å². The average molecular weight is 382 g/mol. The lowest BCUT2D eigenvalue weighted by molar-refractivity contribution is -0.120. The van der Waals surface area contributed by atoms with Crippen LogP contribution >= 0.6 is 0 Å². The first-order valence-corrected chi connectivity index (χ1v) is 9.20. The Kier molecular flexibility index (Phi) is 8.16. The number of nitrogens with zero attached hydrogens (tertiary/aromatic N) is 1. The maximum absolute atomic E-state index is 11.5. The van der Waals surface area contributed by atoms with Crippen LogP contribution in [0.2, 0.25) is 0 Å².